The highest BCUT2D eigenvalue weighted by Crippen LogP contribution is 2.16. The second kappa shape index (κ2) is 6.57. The number of hydrogen-bond acceptors (Lipinski definition) is 3. The highest BCUT2D eigenvalue weighted by molar-refractivity contribution is 6.32. The number of anilines is 1. The average molecular weight is 292 g/mol. The standard InChI is InChI=1S/C15H18ClN3O/c1-3-7-19-15(20)14(16)13(10-18-19)17-9-12-6-4-5-11(2)8-12/h4-6,8,10,17H,3,7,9H2,1-2H3. The van der Waals surface area contributed by atoms with Crippen LogP contribution in [0, 0.1) is 6.92 Å². The lowest BCUT2D eigenvalue weighted by Crippen LogP contribution is -2.24. The van der Waals surface area contributed by atoms with Gasteiger partial charge in [0.05, 0.1) is 11.9 Å². The van der Waals surface area contributed by atoms with E-state index in [1.54, 1.807) is 6.20 Å². The van der Waals surface area contributed by atoms with Gasteiger partial charge in [0.15, 0.2) is 0 Å². The van der Waals surface area contributed by atoms with Crippen LogP contribution in [0.25, 0.3) is 0 Å². The lowest BCUT2D eigenvalue weighted by molar-refractivity contribution is 0.568. The first-order valence-electron chi connectivity index (χ1n) is 6.67. The van der Waals surface area contributed by atoms with Crippen molar-refractivity contribution >= 4 is 17.3 Å². The predicted molar refractivity (Wildman–Crippen MR) is 82.3 cm³/mol. The molecule has 0 amide bonds. The fourth-order valence-corrected chi connectivity index (χ4v) is 2.19. The normalized spacial score (nSPS) is 10.6. The molecular weight excluding hydrogens is 274 g/mol. The monoisotopic (exact) mass is 291 g/mol. The molecule has 1 aromatic carbocycles. The largest absolute Gasteiger partial charge is 0.378 e. The topological polar surface area (TPSA) is 46.9 Å². The maximum Gasteiger partial charge on any atom is 0.287 e. The summed E-state index contributed by atoms with van der Waals surface area (Å²) >= 11 is 6.10. The first kappa shape index (κ1) is 14.6. The van der Waals surface area contributed by atoms with Gasteiger partial charge in [-0.05, 0) is 18.9 Å². The summed E-state index contributed by atoms with van der Waals surface area (Å²) in [6, 6.07) is 8.17. The molecule has 0 aliphatic carbocycles. The van der Waals surface area contributed by atoms with Gasteiger partial charge in [-0.1, -0.05) is 48.4 Å². The first-order chi connectivity index (χ1) is 9.61. The summed E-state index contributed by atoms with van der Waals surface area (Å²) in [4.78, 5) is 12.0. The van der Waals surface area contributed by atoms with Crippen LogP contribution in [-0.2, 0) is 13.1 Å². The molecule has 1 heterocycles. The second-order valence-corrected chi connectivity index (χ2v) is 5.12. The Bertz CT molecular complexity index is 652. The van der Waals surface area contributed by atoms with Crippen molar-refractivity contribution in [3.8, 4) is 0 Å². The van der Waals surface area contributed by atoms with Gasteiger partial charge < -0.3 is 5.32 Å². The van der Waals surface area contributed by atoms with Crippen LogP contribution in [0.4, 0.5) is 5.69 Å². The maximum absolute atomic E-state index is 12.0. The molecule has 0 unspecified atom stereocenters. The molecule has 1 N–H and O–H groups in total. The molecule has 0 fully saturated rings. The van der Waals surface area contributed by atoms with Crippen molar-refractivity contribution < 1.29 is 0 Å². The quantitative estimate of drug-likeness (QED) is 0.920. The zero-order valence-electron chi connectivity index (χ0n) is 11.7. The second-order valence-electron chi connectivity index (χ2n) is 4.74. The molecule has 0 aliphatic heterocycles. The van der Waals surface area contributed by atoms with Gasteiger partial charge in [0, 0.05) is 13.1 Å². The number of rotatable bonds is 5. The van der Waals surface area contributed by atoms with Crippen LogP contribution in [0.1, 0.15) is 24.5 Å². The van der Waals surface area contributed by atoms with Gasteiger partial charge in [0.1, 0.15) is 5.02 Å². The Morgan fingerprint density at radius 1 is 1.40 bits per heavy atom. The van der Waals surface area contributed by atoms with Crippen LogP contribution in [0.3, 0.4) is 0 Å². The van der Waals surface area contributed by atoms with Gasteiger partial charge in [-0.25, -0.2) is 4.68 Å². The molecule has 5 heteroatoms. The van der Waals surface area contributed by atoms with Crippen LogP contribution in [0.2, 0.25) is 5.02 Å². The van der Waals surface area contributed by atoms with Crippen LogP contribution >= 0.6 is 11.6 Å². The van der Waals surface area contributed by atoms with Gasteiger partial charge in [-0.2, -0.15) is 5.10 Å². The zero-order chi connectivity index (χ0) is 14.5. The van der Waals surface area contributed by atoms with Crippen molar-refractivity contribution in [3.05, 3.63) is 57.0 Å². The molecule has 0 radical (unpaired) electrons. The fourth-order valence-electron chi connectivity index (χ4n) is 1.98. The molecule has 20 heavy (non-hydrogen) atoms. The molecule has 0 aliphatic rings. The van der Waals surface area contributed by atoms with E-state index in [1.165, 1.54) is 10.2 Å². The molecule has 1 aromatic heterocycles. The van der Waals surface area contributed by atoms with Crippen molar-refractivity contribution in [3.63, 3.8) is 0 Å². The third kappa shape index (κ3) is 3.39. The Labute approximate surface area is 123 Å². The summed E-state index contributed by atoms with van der Waals surface area (Å²) in [5.41, 5.74) is 2.67. The van der Waals surface area contributed by atoms with E-state index < -0.39 is 0 Å². The van der Waals surface area contributed by atoms with E-state index in [2.05, 4.69) is 16.5 Å². The Morgan fingerprint density at radius 2 is 2.20 bits per heavy atom. The van der Waals surface area contributed by atoms with E-state index in [1.807, 2.05) is 32.0 Å². The van der Waals surface area contributed by atoms with E-state index in [9.17, 15) is 4.79 Å². The minimum absolute atomic E-state index is 0.195. The smallest absolute Gasteiger partial charge is 0.287 e. The fraction of sp³-hybridized carbons (Fsp3) is 0.333. The van der Waals surface area contributed by atoms with Gasteiger partial charge in [0.2, 0.25) is 0 Å². The number of benzene rings is 1. The van der Waals surface area contributed by atoms with Gasteiger partial charge in [0.25, 0.3) is 5.56 Å². The highest BCUT2D eigenvalue weighted by atomic mass is 35.5. The minimum Gasteiger partial charge on any atom is -0.378 e. The van der Waals surface area contributed by atoms with Gasteiger partial charge >= 0.3 is 0 Å². The van der Waals surface area contributed by atoms with Crippen molar-refractivity contribution in [1.29, 1.82) is 0 Å². The number of hydrogen-bond donors (Lipinski definition) is 1. The molecule has 4 nitrogen and oxygen atoms in total. The molecule has 2 aromatic rings. The molecule has 106 valence electrons. The van der Waals surface area contributed by atoms with E-state index in [4.69, 9.17) is 11.6 Å². The number of aryl methyl sites for hydroxylation is 2. The first-order valence-corrected chi connectivity index (χ1v) is 7.04. The Hall–Kier alpha value is -1.81. The van der Waals surface area contributed by atoms with E-state index >= 15 is 0 Å². The third-order valence-electron chi connectivity index (χ3n) is 2.99. The summed E-state index contributed by atoms with van der Waals surface area (Å²) in [6.07, 6.45) is 2.45. The van der Waals surface area contributed by atoms with Gasteiger partial charge in [-0.3, -0.25) is 4.79 Å². The van der Waals surface area contributed by atoms with Crippen molar-refractivity contribution in [2.75, 3.05) is 5.32 Å². The van der Waals surface area contributed by atoms with E-state index in [-0.39, 0.29) is 10.6 Å². The van der Waals surface area contributed by atoms with Crippen LogP contribution in [-0.4, -0.2) is 9.78 Å². The predicted octanol–water partition coefficient (Wildman–Crippen LogP) is 3.23. The lowest BCUT2D eigenvalue weighted by Gasteiger charge is -2.10. The highest BCUT2D eigenvalue weighted by Gasteiger charge is 2.08. The molecule has 0 bridgehead atoms. The number of aromatic nitrogens is 2. The SMILES string of the molecule is CCCn1ncc(NCc2cccc(C)c2)c(Cl)c1=O. The Balaban J connectivity index is 2.14. The summed E-state index contributed by atoms with van der Waals surface area (Å²) in [7, 11) is 0. The third-order valence-corrected chi connectivity index (χ3v) is 3.35. The Kier molecular flexibility index (Phi) is 4.79. The van der Waals surface area contributed by atoms with Crippen molar-refractivity contribution in [1.82, 2.24) is 9.78 Å². The summed E-state index contributed by atoms with van der Waals surface area (Å²) in [5, 5.41) is 7.47. The summed E-state index contributed by atoms with van der Waals surface area (Å²) in [6.45, 7) is 5.23. The van der Waals surface area contributed by atoms with Crippen LogP contribution < -0.4 is 10.9 Å². The molecule has 0 saturated carbocycles. The zero-order valence-corrected chi connectivity index (χ0v) is 12.4. The number of halogens is 1. The lowest BCUT2D eigenvalue weighted by atomic mass is 10.1. The van der Waals surface area contributed by atoms with Crippen LogP contribution in [0.15, 0.2) is 35.3 Å². The minimum atomic E-state index is -0.247. The maximum atomic E-state index is 12.0. The van der Waals surface area contributed by atoms with E-state index in [0.717, 1.165) is 12.0 Å². The molecule has 2 rings (SSSR count). The molecule has 0 saturated heterocycles. The Morgan fingerprint density at radius 3 is 2.90 bits per heavy atom. The summed E-state index contributed by atoms with van der Waals surface area (Å²) in [5.74, 6) is 0. The van der Waals surface area contributed by atoms with Gasteiger partial charge in [-0.15, -0.1) is 0 Å². The van der Waals surface area contributed by atoms with Crippen molar-refractivity contribution in [2.45, 2.75) is 33.4 Å². The molecule has 0 atom stereocenters. The summed E-state index contributed by atoms with van der Waals surface area (Å²) < 4.78 is 1.39. The average Bonchev–Trinajstić information content (AvgIpc) is 2.43. The molecular formula is C15H18ClN3O. The van der Waals surface area contributed by atoms with E-state index in [0.29, 0.717) is 18.8 Å². The number of nitrogens with zero attached hydrogens (tertiary/aromatic N) is 2. The number of nitrogens with one attached hydrogen (secondary N) is 1. The van der Waals surface area contributed by atoms with Crippen LogP contribution in [0.5, 0.6) is 0 Å². The molecule has 0 spiro atoms. The van der Waals surface area contributed by atoms with Crippen molar-refractivity contribution in [2.24, 2.45) is 0 Å².